The third kappa shape index (κ3) is 2.84. The van der Waals surface area contributed by atoms with Gasteiger partial charge in [0.15, 0.2) is 12.0 Å². The first-order valence-corrected chi connectivity index (χ1v) is 5.96. The smallest absolute Gasteiger partial charge is 0.181 e. The summed E-state index contributed by atoms with van der Waals surface area (Å²) < 4.78 is 5.28. The molecule has 1 heterocycles. The Hall–Kier alpha value is -1.39. The summed E-state index contributed by atoms with van der Waals surface area (Å²) in [5, 5.41) is 3.45. The van der Waals surface area contributed by atoms with Gasteiger partial charge in [-0.3, -0.25) is 0 Å². The molecule has 2 rings (SSSR count). The molecule has 0 aliphatic carbocycles. The van der Waals surface area contributed by atoms with E-state index in [2.05, 4.69) is 30.2 Å². The van der Waals surface area contributed by atoms with Crippen LogP contribution in [0.3, 0.4) is 0 Å². The Morgan fingerprint density at radius 2 is 2.24 bits per heavy atom. The second-order valence-electron chi connectivity index (χ2n) is 4.62. The van der Waals surface area contributed by atoms with Gasteiger partial charge >= 0.3 is 0 Å². The molecule has 1 atom stereocenters. The van der Waals surface area contributed by atoms with E-state index in [9.17, 15) is 0 Å². The molecule has 2 aromatic rings. The molecule has 4 heteroatoms. The molecule has 0 bridgehead atoms. The van der Waals surface area contributed by atoms with Gasteiger partial charge < -0.3 is 15.5 Å². The summed E-state index contributed by atoms with van der Waals surface area (Å²) in [6.45, 7) is 5.80. The minimum Gasteiger partial charge on any atom is -0.443 e. The molecule has 0 saturated carbocycles. The Labute approximate surface area is 101 Å². The molecule has 0 spiro atoms. The Morgan fingerprint density at radius 3 is 2.94 bits per heavy atom. The number of aromatic nitrogens is 1. The zero-order valence-corrected chi connectivity index (χ0v) is 10.3. The topological polar surface area (TPSA) is 64.1 Å². The Morgan fingerprint density at radius 1 is 1.41 bits per heavy atom. The van der Waals surface area contributed by atoms with Gasteiger partial charge in [0.2, 0.25) is 0 Å². The van der Waals surface area contributed by atoms with Crippen molar-refractivity contribution in [2.24, 2.45) is 11.7 Å². The van der Waals surface area contributed by atoms with Crippen LogP contribution in [0.4, 0.5) is 0 Å². The Kier molecular flexibility index (Phi) is 3.76. The van der Waals surface area contributed by atoms with Crippen LogP contribution < -0.4 is 11.1 Å². The van der Waals surface area contributed by atoms with Crippen LogP contribution in [0.1, 0.15) is 19.4 Å². The van der Waals surface area contributed by atoms with Crippen LogP contribution in [0, 0.1) is 5.92 Å². The van der Waals surface area contributed by atoms with E-state index in [4.69, 9.17) is 10.2 Å². The fourth-order valence-corrected chi connectivity index (χ4v) is 1.85. The third-order valence-corrected chi connectivity index (χ3v) is 3.02. The summed E-state index contributed by atoms with van der Waals surface area (Å²) in [6, 6.07) is 6.40. The highest BCUT2D eigenvalue weighted by molar-refractivity contribution is 5.72. The first-order chi connectivity index (χ1) is 8.20. The summed E-state index contributed by atoms with van der Waals surface area (Å²) in [7, 11) is 0. The van der Waals surface area contributed by atoms with E-state index in [1.807, 2.05) is 12.1 Å². The van der Waals surface area contributed by atoms with Crippen molar-refractivity contribution < 1.29 is 4.42 Å². The summed E-state index contributed by atoms with van der Waals surface area (Å²) in [6.07, 6.45) is 1.47. The van der Waals surface area contributed by atoms with Gasteiger partial charge in [-0.25, -0.2) is 4.98 Å². The average molecular weight is 233 g/mol. The number of nitrogens with one attached hydrogen (secondary N) is 1. The molecule has 4 nitrogen and oxygen atoms in total. The highest BCUT2D eigenvalue weighted by Crippen LogP contribution is 2.14. The SMILES string of the molecule is CC(C)C(CN)NCc1ccc2ncoc2c1. The predicted octanol–water partition coefficient (Wildman–Crippen LogP) is 1.90. The number of benzene rings is 1. The first kappa shape index (κ1) is 12.1. The molecular formula is C13H19N3O. The van der Waals surface area contributed by atoms with Crippen LogP contribution in [0.15, 0.2) is 29.0 Å². The van der Waals surface area contributed by atoms with Gasteiger partial charge in [-0.05, 0) is 23.6 Å². The molecule has 0 aliphatic rings. The quantitative estimate of drug-likeness (QED) is 0.828. The molecule has 0 amide bonds. The molecule has 0 saturated heterocycles. The molecule has 1 unspecified atom stereocenters. The summed E-state index contributed by atoms with van der Waals surface area (Å²) >= 11 is 0. The molecule has 1 aromatic carbocycles. The number of nitrogens with zero attached hydrogens (tertiary/aromatic N) is 1. The fraction of sp³-hybridized carbons (Fsp3) is 0.462. The molecular weight excluding hydrogens is 214 g/mol. The van der Waals surface area contributed by atoms with Crippen molar-refractivity contribution in [1.82, 2.24) is 10.3 Å². The van der Waals surface area contributed by atoms with Crippen molar-refractivity contribution in [3.8, 4) is 0 Å². The van der Waals surface area contributed by atoms with Crippen LogP contribution in [-0.4, -0.2) is 17.6 Å². The number of hydrogen-bond donors (Lipinski definition) is 2. The van der Waals surface area contributed by atoms with E-state index in [0.717, 1.165) is 17.6 Å². The third-order valence-electron chi connectivity index (χ3n) is 3.02. The molecule has 3 N–H and O–H groups in total. The fourth-order valence-electron chi connectivity index (χ4n) is 1.85. The number of fused-ring (bicyclic) bond motifs is 1. The van der Waals surface area contributed by atoms with Gasteiger partial charge in [-0.1, -0.05) is 19.9 Å². The lowest BCUT2D eigenvalue weighted by molar-refractivity contribution is 0.405. The maximum atomic E-state index is 5.72. The summed E-state index contributed by atoms with van der Waals surface area (Å²) in [5.74, 6) is 0.536. The molecule has 0 fully saturated rings. The molecule has 92 valence electrons. The average Bonchev–Trinajstić information content (AvgIpc) is 2.76. The van der Waals surface area contributed by atoms with Crippen LogP contribution in [0.2, 0.25) is 0 Å². The number of oxazole rings is 1. The van der Waals surface area contributed by atoms with Gasteiger partial charge in [0.1, 0.15) is 5.52 Å². The lowest BCUT2D eigenvalue weighted by Crippen LogP contribution is -2.39. The first-order valence-electron chi connectivity index (χ1n) is 5.96. The van der Waals surface area contributed by atoms with Gasteiger partial charge in [-0.2, -0.15) is 0 Å². The van der Waals surface area contributed by atoms with E-state index >= 15 is 0 Å². The zero-order valence-electron chi connectivity index (χ0n) is 10.3. The van der Waals surface area contributed by atoms with Gasteiger partial charge in [0, 0.05) is 19.1 Å². The van der Waals surface area contributed by atoms with Crippen molar-refractivity contribution in [3.63, 3.8) is 0 Å². The highest BCUT2D eigenvalue weighted by atomic mass is 16.3. The highest BCUT2D eigenvalue weighted by Gasteiger charge is 2.10. The summed E-state index contributed by atoms with van der Waals surface area (Å²) in [4.78, 5) is 4.09. The lowest BCUT2D eigenvalue weighted by atomic mass is 10.0. The van der Waals surface area contributed by atoms with Crippen molar-refractivity contribution in [2.45, 2.75) is 26.4 Å². The molecule has 1 aromatic heterocycles. The van der Waals surface area contributed by atoms with E-state index in [1.54, 1.807) is 0 Å². The molecule has 0 radical (unpaired) electrons. The Balaban J connectivity index is 2.02. The Bertz CT molecular complexity index is 478. The molecule has 0 aliphatic heterocycles. The predicted molar refractivity (Wildman–Crippen MR) is 68.5 cm³/mol. The zero-order chi connectivity index (χ0) is 12.3. The van der Waals surface area contributed by atoms with E-state index in [0.29, 0.717) is 18.5 Å². The number of rotatable bonds is 5. The standard InChI is InChI=1S/C13H19N3O/c1-9(2)12(6-14)15-7-10-3-4-11-13(5-10)17-8-16-11/h3-5,8-9,12,15H,6-7,14H2,1-2H3. The maximum absolute atomic E-state index is 5.72. The van der Waals surface area contributed by atoms with Crippen molar-refractivity contribution in [1.29, 1.82) is 0 Å². The van der Waals surface area contributed by atoms with Crippen molar-refractivity contribution >= 4 is 11.1 Å². The van der Waals surface area contributed by atoms with Gasteiger partial charge in [0.05, 0.1) is 0 Å². The number of hydrogen-bond acceptors (Lipinski definition) is 4. The van der Waals surface area contributed by atoms with Crippen LogP contribution in [0.5, 0.6) is 0 Å². The second kappa shape index (κ2) is 5.29. The van der Waals surface area contributed by atoms with E-state index in [-0.39, 0.29) is 0 Å². The van der Waals surface area contributed by atoms with Crippen LogP contribution >= 0.6 is 0 Å². The summed E-state index contributed by atoms with van der Waals surface area (Å²) in [5.41, 5.74) is 8.64. The van der Waals surface area contributed by atoms with E-state index < -0.39 is 0 Å². The van der Waals surface area contributed by atoms with Crippen molar-refractivity contribution in [3.05, 3.63) is 30.2 Å². The maximum Gasteiger partial charge on any atom is 0.181 e. The van der Waals surface area contributed by atoms with Gasteiger partial charge in [-0.15, -0.1) is 0 Å². The van der Waals surface area contributed by atoms with Crippen molar-refractivity contribution in [2.75, 3.05) is 6.54 Å². The monoisotopic (exact) mass is 233 g/mol. The van der Waals surface area contributed by atoms with Crippen LogP contribution in [0.25, 0.3) is 11.1 Å². The largest absolute Gasteiger partial charge is 0.443 e. The second-order valence-corrected chi connectivity index (χ2v) is 4.62. The molecule has 17 heavy (non-hydrogen) atoms. The lowest BCUT2D eigenvalue weighted by Gasteiger charge is -2.20. The van der Waals surface area contributed by atoms with Gasteiger partial charge in [0.25, 0.3) is 0 Å². The minimum absolute atomic E-state index is 0.348. The number of nitrogens with two attached hydrogens (primary N) is 1. The minimum atomic E-state index is 0.348. The van der Waals surface area contributed by atoms with E-state index in [1.165, 1.54) is 12.0 Å². The normalized spacial score (nSPS) is 13.4. The van der Waals surface area contributed by atoms with Crippen LogP contribution in [-0.2, 0) is 6.54 Å².